The van der Waals surface area contributed by atoms with E-state index < -0.39 is 27.2 Å². The fourth-order valence-electron chi connectivity index (χ4n) is 2.25. The van der Waals surface area contributed by atoms with E-state index in [9.17, 15) is 13.2 Å². The fourth-order valence-corrected chi connectivity index (χ4v) is 4.21. The van der Waals surface area contributed by atoms with Gasteiger partial charge in [0.25, 0.3) is 0 Å². The Kier molecular flexibility index (Phi) is 5.38. The van der Waals surface area contributed by atoms with Crippen LogP contribution in [0.3, 0.4) is 0 Å². The molecule has 1 N–H and O–H groups in total. The summed E-state index contributed by atoms with van der Waals surface area (Å²) >= 11 is 0. The molecule has 0 amide bonds. The number of methoxy groups -OCH3 is 1. The average molecular weight is 291 g/mol. The average Bonchev–Trinajstić information content (AvgIpc) is 2.86. The number of rotatable bonds is 6. The molecule has 0 saturated heterocycles. The summed E-state index contributed by atoms with van der Waals surface area (Å²) in [6.07, 6.45) is 2.76. The van der Waals surface area contributed by atoms with Crippen molar-refractivity contribution in [2.24, 2.45) is 11.3 Å². The number of nitrogens with one attached hydrogen (secondary N) is 1. The quantitative estimate of drug-likeness (QED) is 0.756. The van der Waals surface area contributed by atoms with Gasteiger partial charge in [-0.2, -0.15) is 0 Å². The first kappa shape index (κ1) is 16.4. The molecule has 1 rings (SSSR count). The van der Waals surface area contributed by atoms with Crippen LogP contribution in [0.2, 0.25) is 0 Å². The van der Waals surface area contributed by atoms with Crippen LogP contribution in [0.4, 0.5) is 0 Å². The minimum Gasteiger partial charge on any atom is -0.469 e. The molecule has 1 aliphatic rings. The van der Waals surface area contributed by atoms with E-state index >= 15 is 0 Å². The molecule has 1 aliphatic carbocycles. The lowest BCUT2D eigenvalue weighted by Crippen LogP contribution is -2.42. The summed E-state index contributed by atoms with van der Waals surface area (Å²) in [7, 11) is -2.15. The zero-order valence-corrected chi connectivity index (χ0v) is 13.0. The highest BCUT2D eigenvalue weighted by Crippen LogP contribution is 2.32. The third-order valence-electron chi connectivity index (χ3n) is 4.06. The molecule has 0 aliphatic heterocycles. The summed E-state index contributed by atoms with van der Waals surface area (Å²) in [6.45, 7) is 6.46. The zero-order chi connectivity index (χ0) is 14.7. The van der Waals surface area contributed by atoms with Crippen molar-refractivity contribution in [2.75, 3.05) is 13.7 Å². The molecular formula is C13H25NO4S. The van der Waals surface area contributed by atoms with Gasteiger partial charge in [0.1, 0.15) is 0 Å². The molecule has 6 heteroatoms. The van der Waals surface area contributed by atoms with Crippen LogP contribution in [-0.2, 0) is 19.6 Å². The standard InChI is InChI=1S/C13H25NO4S/c1-5-13(2,3)9-14-19(16,17)11-8-6-7-10(11)12(15)18-4/h10-11,14H,5-9H2,1-4H3. The largest absolute Gasteiger partial charge is 0.469 e. The van der Waals surface area contributed by atoms with Crippen LogP contribution in [0, 0.1) is 11.3 Å². The Bertz CT molecular complexity index is 416. The topological polar surface area (TPSA) is 72.5 Å². The first-order valence-electron chi connectivity index (χ1n) is 6.80. The number of ether oxygens (including phenoxy) is 1. The Balaban J connectivity index is 2.74. The maximum atomic E-state index is 12.3. The first-order valence-corrected chi connectivity index (χ1v) is 8.34. The maximum absolute atomic E-state index is 12.3. The molecule has 0 spiro atoms. The summed E-state index contributed by atoms with van der Waals surface area (Å²) in [6, 6.07) is 0. The number of hydrogen-bond acceptors (Lipinski definition) is 4. The predicted molar refractivity (Wildman–Crippen MR) is 74.1 cm³/mol. The van der Waals surface area contributed by atoms with E-state index in [1.165, 1.54) is 7.11 Å². The first-order chi connectivity index (χ1) is 8.73. The Morgan fingerprint density at radius 2 is 2.00 bits per heavy atom. The number of carbonyl (C=O) groups excluding carboxylic acids is 1. The smallest absolute Gasteiger partial charge is 0.310 e. The van der Waals surface area contributed by atoms with Crippen molar-refractivity contribution in [1.82, 2.24) is 4.72 Å². The van der Waals surface area contributed by atoms with Gasteiger partial charge in [-0.1, -0.05) is 27.2 Å². The van der Waals surface area contributed by atoms with Crippen molar-refractivity contribution < 1.29 is 17.9 Å². The summed E-state index contributed by atoms with van der Waals surface area (Å²) in [5, 5.41) is -0.646. The van der Waals surface area contributed by atoms with Crippen molar-refractivity contribution >= 4 is 16.0 Å². The van der Waals surface area contributed by atoms with Crippen molar-refractivity contribution in [1.29, 1.82) is 0 Å². The van der Waals surface area contributed by atoms with E-state index in [1.54, 1.807) is 0 Å². The lowest BCUT2D eigenvalue weighted by atomic mass is 9.91. The van der Waals surface area contributed by atoms with Crippen LogP contribution in [0.15, 0.2) is 0 Å². The molecule has 112 valence electrons. The number of carbonyl (C=O) groups is 1. The molecule has 0 aromatic heterocycles. The van der Waals surface area contributed by atoms with E-state index in [4.69, 9.17) is 4.74 Å². The molecule has 19 heavy (non-hydrogen) atoms. The monoisotopic (exact) mass is 291 g/mol. The number of sulfonamides is 1. The van der Waals surface area contributed by atoms with Gasteiger partial charge < -0.3 is 4.74 Å². The van der Waals surface area contributed by atoms with Crippen LogP contribution in [0.25, 0.3) is 0 Å². The van der Waals surface area contributed by atoms with Crippen LogP contribution in [0.5, 0.6) is 0 Å². The van der Waals surface area contributed by atoms with Gasteiger partial charge in [0, 0.05) is 6.54 Å². The molecule has 0 radical (unpaired) electrons. The van der Waals surface area contributed by atoms with Crippen LogP contribution < -0.4 is 4.72 Å². The summed E-state index contributed by atoms with van der Waals surface area (Å²) in [5.41, 5.74) is -0.0769. The lowest BCUT2D eigenvalue weighted by Gasteiger charge is -2.25. The predicted octanol–water partition coefficient (Wildman–Crippen LogP) is 1.68. The van der Waals surface area contributed by atoms with Gasteiger partial charge in [-0.05, 0) is 24.7 Å². The van der Waals surface area contributed by atoms with Crippen molar-refractivity contribution in [2.45, 2.75) is 51.7 Å². The fraction of sp³-hybridized carbons (Fsp3) is 0.923. The van der Waals surface area contributed by atoms with E-state index in [0.717, 1.165) is 12.8 Å². The Morgan fingerprint density at radius 1 is 1.37 bits per heavy atom. The Labute approximate surface area is 116 Å². The molecule has 1 saturated carbocycles. The second-order valence-electron chi connectivity index (χ2n) is 5.98. The Hall–Kier alpha value is -0.620. The van der Waals surface area contributed by atoms with Gasteiger partial charge in [-0.25, -0.2) is 13.1 Å². The van der Waals surface area contributed by atoms with Gasteiger partial charge in [0.15, 0.2) is 0 Å². The zero-order valence-electron chi connectivity index (χ0n) is 12.2. The summed E-state index contributed by atoms with van der Waals surface area (Å²) in [4.78, 5) is 11.6. The van der Waals surface area contributed by atoms with Crippen molar-refractivity contribution in [3.05, 3.63) is 0 Å². The van der Waals surface area contributed by atoms with Crippen molar-refractivity contribution in [3.8, 4) is 0 Å². The molecule has 1 fully saturated rings. The third-order valence-corrected chi connectivity index (χ3v) is 5.97. The highest BCUT2D eigenvalue weighted by atomic mass is 32.2. The van der Waals surface area contributed by atoms with Crippen LogP contribution in [-0.4, -0.2) is 33.3 Å². The molecule has 2 atom stereocenters. The second-order valence-corrected chi connectivity index (χ2v) is 7.97. The van der Waals surface area contributed by atoms with Gasteiger partial charge >= 0.3 is 5.97 Å². The second kappa shape index (κ2) is 6.22. The molecule has 0 aromatic rings. The third kappa shape index (κ3) is 4.18. The van der Waals surface area contributed by atoms with Crippen molar-refractivity contribution in [3.63, 3.8) is 0 Å². The minimum atomic E-state index is -3.46. The highest BCUT2D eigenvalue weighted by Gasteiger charge is 2.42. The maximum Gasteiger partial charge on any atom is 0.310 e. The van der Waals surface area contributed by atoms with Crippen LogP contribution >= 0.6 is 0 Å². The van der Waals surface area contributed by atoms with Gasteiger partial charge in [-0.3, -0.25) is 4.79 Å². The molecule has 0 heterocycles. The Morgan fingerprint density at radius 3 is 2.53 bits per heavy atom. The molecule has 0 bridgehead atoms. The molecular weight excluding hydrogens is 266 g/mol. The van der Waals surface area contributed by atoms with E-state index in [2.05, 4.69) is 4.72 Å². The van der Waals surface area contributed by atoms with E-state index in [-0.39, 0.29) is 5.41 Å². The van der Waals surface area contributed by atoms with Crippen LogP contribution in [0.1, 0.15) is 46.5 Å². The van der Waals surface area contributed by atoms with E-state index in [0.29, 0.717) is 19.4 Å². The van der Waals surface area contributed by atoms with E-state index in [1.807, 2.05) is 20.8 Å². The number of hydrogen-bond donors (Lipinski definition) is 1. The van der Waals surface area contributed by atoms with Gasteiger partial charge in [-0.15, -0.1) is 0 Å². The SMILES string of the molecule is CCC(C)(C)CNS(=O)(=O)C1CCCC1C(=O)OC. The number of esters is 1. The van der Waals surface area contributed by atoms with Gasteiger partial charge in [0.05, 0.1) is 18.3 Å². The molecule has 2 unspecified atom stereocenters. The molecule has 5 nitrogen and oxygen atoms in total. The highest BCUT2D eigenvalue weighted by molar-refractivity contribution is 7.90. The molecule has 0 aromatic carbocycles. The summed E-state index contributed by atoms with van der Waals surface area (Å²) in [5.74, 6) is -0.935. The summed E-state index contributed by atoms with van der Waals surface area (Å²) < 4.78 is 32.0. The van der Waals surface area contributed by atoms with Gasteiger partial charge in [0.2, 0.25) is 10.0 Å². The lowest BCUT2D eigenvalue weighted by molar-refractivity contribution is -0.145. The normalized spacial score (nSPS) is 24.4. The minimum absolute atomic E-state index is 0.0769.